The highest BCUT2D eigenvalue weighted by atomic mass is 19.4. The summed E-state index contributed by atoms with van der Waals surface area (Å²) < 4.78 is 49.3. The van der Waals surface area contributed by atoms with Gasteiger partial charge in [0.2, 0.25) is 5.91 Å². The largest absolute Gasteiger partial charge is 0.497 e. The summed E-state index contributed by atoms with van der Waals surface area (Å²) in [6.07, 6.45) is -3.62. The number of carbonyl (C=O) groups is 1. The van der Waals surface area contributed by atoms with Gasteiger partial charge in [0.15, 0.2) is 5.69 Å². The number of aromatic nitrogens is 2. The van der Waals surface area contributed by atoms with E-state index in [2.05, 4.69) is 10.4 Å². The second-order valence-corrected chi connectivity index (χ2v) is 6.19. The highest BCUT2D eigenvalue weighted by Gasteiger charge is 2.33. The van der Waals surface area contributed by atoms with Crippen LogP contribution in [0, 0.1) is 10.1 Å². The Hall–Kier alpha value is -4.09. The van der Waals surface area contributed by atoms with Crippen LogP contribution in [0.3, 0.4) is 0 Å². The minimum atomic E-state index is -4.63. The van der Waals surface area contributed by atoms with Crippen LogP contribution in [0.4, 0.5) is 24.5 Å². The van der Waals surface area contributed by atoms with E-state index in [0.29, 0.717) is 11.5 Å². The zero-order valence-electron chi connectivity index (χ0n) is 15.9. The number of rotatable bonds is 7. The van der Waals surface area contributed by atoms with Crippen LogP contribution in [0.1, 0.15) is 5.69 Å². The van der Waals surface area contributed by atoms with Crippen LogP contribution < -0.4 is 14.8 Å². The van der Waals surface area contributed by atoms with E-state index in [1.165, 1.54) is 19.2 Å². The first kappa shape index (κ1) is 21.6. The molecular formula is C19H15F3N4O5. The molecule has 3 rings (SSSR count). The standard InChI is InChI=1S/C19H15F3N4O5/c1-30-14-2-4-15(5-3-14)31-16-9-12(8-13(10-16)26(28)29)23-18(27)11-25-7-6-17(24-25)19(20,21)22/h2-10H,11H2,1H3,(H,23,27). The minimum absolute atomic E-state index is 0.0333. The number of nitro benzene ring substituents is 1. The molecule has 0 radical (unpaired) electrons. The lowest BCUT2D eigenvalue weighted by molar-refractivity contribution is -0.384. The van der Waals surface area contributed by atoms with Crippen LogP contribution in [0.5, 0.6) is 17.2 Å². The van der Waals surface area contributed by atoms with Crippen molar-refractivity contribution in [3.63, 3.8) is 0 Å². The van der Waals surface area contributed by atoms with E-state index < -0.39 is 29.2 Å². The quantitative estimate of drug-likeness (QED) is 0.438. The molecule has 0 aliphatic rings. The highest BCUT2D eigenvalue weighted by molar-refractivity contribution is 5.91. The van der Waals surface area contributed by atoms with Gasteiger partial charge in [0.05, 0.1) is 23.8 Å². The molecule has 0 aliphatic carbocycles. The van der Waals surface area contributed by atoms with Gasteiger partial charge in [-0.1, -0.05) is 0 Å². The number of anilines is 1. The van der Waals surface area contributed by atoms with Crippen molar-refractivity contribution in [2.45, 2.75) is 12.7 Å². The Balaban J connectivity index is 1.75. The van der Waals surface area contributed by atoms with Crippen molar-refractivity contribution in [1.29, 1.82) is 0 Å². The first-order valence-corrected chi connectivity index (χ1v) is 8.66. The average molecular weight is 436 g/mol. The molecule has 0 unspecified atom stereocenters. The first-order valence-electron chi connectivity index (χ1n) is 8.66. The molecule has 0 saturated heterocycles. The molecule has 1 heterocycles. The van der Waals surface area contributed by atoms with Crippen molar-refractivity contribution in [1.82, 2.24) is 9.78 Å². The molecule has 1 N–H and O–H groups in total. The van der Waals surface area contributed by atoms with Crippen LogP contribution in [0.2, 0.25) is 0 Å². The number of nitro groups is 1. The predicted octanol–water partition coefficient (Wildman–Crippen LogP) is 4.25. The summed E-state index contributed by atoms with van der Waals surface area (Å²) in [6, 6.07) is 10.8. The maximum absolute atomic E-state index is 12.6. The molecule has 0 aliphatic heterocycles. The molecular weight excluding hydrogens is 421 g/mol. The third kappa shape index (κ3) is 5.72. The Morgan fingerprint density at radius 1 is 1.13 bits per heavy atom. The van der Waals surface area contributed by atoms with E-state index in [1.54, 1.807) is 24.3 Å². The number of hydrogen-bond donors (Lipinski definition) is 1. The molecule has 1 aromatic heterocycles. The van der Waals surface area contributed by atoms with E-state index in [0.717, 1.165) is 23.0 Å². The van der Waals surface area contributed by atoms with Crippen molar-refractivity contribution in [3.05, 3.63) is 70.5 Å². The maximum atomic E-state index is 12.6. The SMILES string of the molecule is COc1ccc(Oc2cc(NC(=O)Cn3ccc(C(F)(F)F)n3)cc([N+](=O)[O-])c2)cc1. The van der Waals surface area contributed by atoms with Gasteiger partial charge in [-0.2, -0.15) is 18.3 Å². The fourth-order valence-electron chi connectivity index (χ4n) is 2.55. The number of halogens is 3. The molecule has 1 amide bonds. The van der Waals surface area contributed by atoms with Crippen molar-refractivity contribution < 1.29 is 32.4 Å². The summed E-state index contributed by atoms with van der Waals surface area (Å²) in [5, 5.41) is 16.9. The maximum Gasteiger partial charge on any atom is 0.435 e. The molecule has 0 spiro atoms. The van der Waals surface area contributed by atoms with Gasteiger partial charge >= 0.3 is 6.18 Å². The van der Waals surface area contributed by atoms with E-state index in [9.17, 15) is 28.1 Å². The normalized spacial score (nSPS) is 11.1. The number of methoxy groups -OCH3 is 1. The van der Waals surface area contributed by atoms with Crippen LogP contribution in [0.15, 0.2) is 54.7 Å². The van der Waals surface area contributed by atoms with Crippen molar-refractivity contribution in [2.24, 2.45) is 0 Å². The van der Waals surface area contributed by atoms with Gasteiger partial charge in [0.1, 0.15) is 23.8 Å². The fourth-order valence-corrected chi connectivity index (χ4v) is 2.55. The third-order valence-electron chi connectivity index (χ3n) is 3.92. The molecule has 31 heavy (non-hydrogen) atoms. The van der Waals surface area contributed by atoms with Crippen LogP contribution >= 0.6 is 0 Å². The van der Waals surface area contributed by atoms with Gasteiger partial charge in [-0.15, -0.1) is 0 Å². The Morgan fingerprint density at radius 3 is 2.39 bits per heavy atom. The van der Waals surface area contributed by atoms with Gasteiger partial charge in [-0.25, -0.2) is 0 Å². The molecule has 3 aromatic rings. The van der Waals surface area contributed by atoms with E-state index in [4.69, 9.17) is 9.47 Å². The smallest absolute Gasteiger partial charge is 0.435 e. The summed E-state index contributed by atoms with van der Waals surface area (Å²) in [4.78, 5) is 22.7. The van der Waals surface area contributed by atoms with E-state index >= 15 is 0 Å². The zero-order chi connectivity index (χ0) is 22.6. The molecule has 2 aromatic carbocycles. The highest BCUT2D eigenvalue weighted by Crippen LogP contribution is 2.31. The lowest BCUT2D eigenvalue weighted by Crippen LogP contribution is -2.19. The Bertz CT molecular complexity index is 1100. The van der Waals surface area contributed by atoms with Crippen molar-refractivity contribution in [2.75, 3.05) is 12.4 Å². The van der Waals surface area contributed by atoms with E-state index in [1.807, 2.05) is 0 Å². The number of nitrogens with one attached hydrogen (secondary N) is 1. The second-order valence-electron chi connectivity index (χ2n) is 6.19. The second kappa shape index (κ2) is 8.73. The lowest BCUT2D eigenvalue weighted by atomic mass is 10.2. The number of ether oxygens (including phenoxy) is 2. The molecule has 0 fully saturated rings. The van der Waals surface area contributed by atoms with Crippen LogP contribution in [-0.2, 0) is 17.5 Å². The monoisotopic (exact) mass is 436 g/mol. The average Bonchev–Trinajstić information content (AvgIpc) is 3.17. The lowest BCUT2D eigenvalue weighted by Gasteiger charge is -2.10. The number of non-ortho nitro benzene ring substituents is 1. The molecule has 0 atom stereocenters. The zero-order valence-corrected chi connectivity index (χ0v) is 15.9. The molecule has 9 nitrogen and oxygen atoms in total. The molecule has 0 saturated carbocycles. The fraction of sp³-hybridized carbons (Fsp3) is 0.158. The van der Waals surface area contributed by atoms with Crippen LogP contribution in [0.25, 0.3) is 0 Å². The topological polar surface area (TPSA) is 109 Å². The Kier molecular flexibility index (Phi) is 6.09. The number of carbonyl (C=O) groups excluding carboxylic acids is 1. The number of nitrogens with zero attached hydrogens (tertiary/aromatic N) is 3. The molecule has 162 valence electrons. The van der Waals surface area contributed by atoms with Crippen LogP contribution in [-0.4, -0.2) is 27.7 Å². The summed E-state index contributed by atoms with van der Waals surface area (Å²) in [5.41, 5.74) is -1.45. The predicted molar refractivity (Wildman–Crippen MR) is 102 cm³/mol. The number of benzene rings is 2. The van der Waals surface area contributed by atoms with Gasteiger partial charge in [-0.05, 0) is 30.3 Å². The minimum Gasteiger partial charge on any atom is -0.497 e. The van der Waals surface area contributed by atoms with Gasteiger partial charge < -0.3 is 14.8 Å². The van der Waals surface area contributed by atoms with Gasteiger partial charge in [0.25, 0.3) is 5.69 Å². The van der Waals surface area contributed by atoms with Gasteiger partial charge in [0, 0.05) is 18.3 Å². The van der Waals surface area contributed by atoms with Gasteiger partial charge in [-0.3, -0.25) is 19.6 Å². The van der Waals surface area contributed by atoms with Crippen molar-refractivity contribution >= 4 is 17.3 Å². The summed E-state index contributed by atoms with van der Waals surface area (Å²) >= 11 is 0. The third-order valence-corrected chi connectivity index (χ3v) is 3.92. The summed E-state index contributed by atoms with van der Waals surface area (Å²) in [7, 11) is 1.50. The number of amides is 1. The molecule has 0 bridgehead atoms. The number of alkyl halides is 3. The molecule has 12 heteroatoms. The van der Waals surface area contributed by atoms with Crippen molar-refractivity contribution in [3.8, 4) is 17.2 Å². The number of hydrogen-bond acceptors (Lipinski definition) is 6. The first-order chi connectivity index (χ1) is 14.6. The Labute approximate surface area is 173 Å². The summed E-state index contributed by atoms with van der Waals surface area (Å²) in [5.74, 6) is 0.308. The summed E-state index contributed by atoms with van der Waals surface area (Å²) in [6.45, 7) is -0.520. The Morgan fingerprint density at radius 2 is 1.81 bits per heavy atom. The van der Waals surface area contributed by atoms with E-state index in [-0.39, 0.29) is 17.1 Å².